The first-order valence-electron chi connectivity index (χ1n) is 9.06. The summed E-state index contributed by atoms with van der Waals surface area (Å²) >= 11 is 3.22. The zero-order valence-corrected chi connectivity index (χ0v) is 15.8. The molecule has 25 heavy (non-hydrogen) atoms. The van der Waals surface area contributed by atoms with Crippen molar-refractivity contribution in [2.75, 3.05) is 12.3 Å². The van der Waals surface area contributed by atoms with Crippen molar-refractivity contribution >= 4 is 29.0 Å². The van der Waals surface area contributed by atoms with E-state index in [9.17, 15) is 4.79 Å². The van der Waals surface area contributed by atoms with Crippen LogP contribution < -0.4 is 0 Å². The van der Waals surface area contributed by atoms with Gasteiger partial charge in [0.2, 0.25) is 11.1 Å². The van der Waals surface area contributed by atoms with E-state index >= 15 is 0 Å². The molecule has 1 saturated carbocycles. The zero-order chi connectivity index (χ0) is 17.1. The molecular weight excluding hydrogens is 354 g/mol. The highest BCUT2D eigenvalue weighted by Gasteiger charge is 2.31. The first-order chi connectivity index (χ1) is 12.3. The molecule has 1 amide bonds. The molecule has 134 valence electrons. The van der Waals surface area contributed by atoms with Crippen LogP contribution in [0, 0.1) is 0 Å². The fourth-order valence-corrected chi connectivity index (χ4v) is 5.59. The van der Waals surface area contributed by atoms with Gasteiger partial charge in [0, 0.05) is 11.4 Å². The van der Waals surface area contributed by atoms with Crippen molar-refractivity contribution in [1.29, 1.82) is 0 Å². The third kappa shape index (κ3) is 3.74. The maximum Gasteiger partial charge on any atom is 0.233 e. The third-order valence-electron chi connectivity index (χ3n) is 5.15. The van der Waals surface area contributed by atoms with Gasteiger partial charge in [-0.2, -0.15) is 0 Å². The van der Waals surface area contributed by atoms with E-state index in [1.54, 1.807) is 11.3 Å². The van der Waals surface area contributed by atoms with Gasteiger partial charge in [0.1, 0.15) is 0 Å². The van der Waals surface area contributed by atoms with Crippen LogP contribution in [0.4, 0.5) is 0 Å². The lowest BCUT2D eigenvalue weighted by molar-refractivity contribution is -0.129. The van der Waals surface area contributed by atoms with Crippen molar-refractivity contribution in [3.8, 4) is 0 Å². The highest BCUT2D eigenvalue weighted by atomic mass is 32.2. The van der Waals surface area contributed by atoms with Crippen LogP contribution in [0.2, 0.25) is 0 Å². The molecule has 3 heterocycles. The Morgan fingerprint density at radius 1 is 1.24 bits per heavy atom. The lowest BCUT2D eigenvalue weighted by Gasteiger charge is -2.24. The molecule has 1 aliphatic carbocycles. The molecule has 0 aromatic carbocycles. The summed E-state index contributed by atoms with van der Waals surface area (Å²) in [5, 5.41) is 15.1. The summed E-state index contributed by atoms with van der Waals surface area (Å²) in [6, 6.07) is 4.85. The van der Waals surface area contributed by atoms with Crippen molar-refractivity contribution in [3.63, 3.8) is 0 Å². The molecule has 2 aliphatic rings. The zero-order valence-electron chi connectivity index (χ0n) is 14.2. The SMILES string of the molecule is O=C(CSc1nnnn1C1CCCCC1)N1CCCC1c1cccs1. The Kier molecular flexibility index (Phi) is 5.36. The molecule has 0 N–H and O–H groups in total. The number of hydrogen-bond donors (Lipinski definition) is 0. The molecule has 0 radical (unpaired) electrons. The number of likely N-dealkylation sites (tertiary alicyclic amines) is 1. The molecule has 4 rings (SSSR count). The van der Waals surface area contributed by atoms with Crippen LogP contribution in [0.15, 0.2) is 22.7 Å². The van der Waals surface area contributed by atoms with E-state index < -0.39 is 0 Å². The van der Waals surface area contributed by atoms with E-state index in [-0.39, 0.29) is 11.9 Å². The lowest BCUT2D eigenvalue weighted by Crippen LogP contribution is -2.31. The van der Waals surface area contributed by atoms with Gasteiger partial charge in [0.25, 0.3) is 0 Å². The predicted molar refractivity (Wildman–Crippen MR) is 98.7 cm³/mol. The number of aromatic nitrogens is 4. The number of rotatable bonds is 5. The average Bonchev–Trinajstić information content (AvgIpc) is 3.41. The minimum Gasteiger partial charge on any atom is -0.334 e. The van der Waals surface area contributed by atoms with E-state index in [0.717, 1.165) is 37.4 Å². The Hall–Kier alpha value is -1.41. The highest BCUT2D eigenvalue weighted by Crippen LogP contribution is 2.35. The summed E-state index contributed by atoms with van der Waals surface area (Å²) < 4.78 is 1.94. The molecule has 0 spiro atoms. The van der Waals surface area contributed by atoms with Crippen LogP contribution in [0.5, 0.6) is 0 Å². The molecule has 0 bridgehead atoms. The summed E-state index contributed by atoms with van der Waals surface area (Å²) in [6.07, 6.45) is 8.21. The Morgan fingerprint density at radius 2 is 2.12 bits per heavy atom. The summed E-state index contributed by atoms with van der Waals surface area (Å²) in [5.74, 6) is 0.605. The molecule has 1 aliphatic heterocycles. The average molecular weight is 378 g/mol. The molecular formula is C17H23N5OS2. The van der Waals surface area contributed by atoms with Crippen LogP contribution in [0.3, 0.4) is 0 Å². The van der Waals surface area contributed by atoms with Crippen molar-refractivity contribution in [3.05, 3.63) is 22.4 Å². The lowest BCUT2D eigenvalue weighted by atomic mass is 9.96. The molecule has 6 nitrogen and oxygen atoms in total. The van der Waals surface area contributed by atoms with Crippen molar-refractivity contribution in [1.82, 2.24) is 25.1 Å². The van der Waals surface area contributed by atoms with Gasteiger partial charge in [0.15, 0.2) is 0 Å². The number of amides is 1. The van der Waals surface area contributed by atoms with Gasteiger partial charge in [-0.25, -0.2) is 4.68 Å². The fourth-order valence-electron chi connectivity index (χ4n) is 3.89. The van der Waals surface area contributed by atoms with Gasteiger partial charge in [-0.1, -0.05) is 37.1 Å². The maximum atomic E-state index is 12.8. The first-order valence-corrected chi connectivity index (χ1v) is 10.9. The molecule has 2 aromatic heterocycles. The normalized spacial score (nSPS) is 21.8. The van der Waals surface area contributed by atoms with E-state index in [1.807, 2.05) is 9.58 Å². The monoisotopic (exact) mass is 377 g/mol. The second-order valence-corrected chi connectivity index (χ2v) is 8.67. The summed E-state index contributed by atoms with van der Waals surface area (Å²) in [6.45, 7) is 0.857. The predicted octanol–water partition coefficient (Wildman–Crippen LogP) is 3.70. The van der Waals surface area contributed by atoms with Crippen molar-refractivity contribution < 1.29 is 4.79 Å². The van der Waals surface area contributed by atoms with Gasteiger partial charge in [0.05, 0.1) is 17.8 Å². The Labute approximate surface area is 156 Å². The quantitative estimate of drug-likeness (QED) is 0.744. The van der Waals surface area contributed by atoms with Crippen LogP contribution in [0.25, 0.3) is 0 Å². The van der Waals surface area contributed by atoms with Gasteiger partial charge < -0.3 is 4.90 Å². The third-order valence-corrected chi connectivity index (χ3v) is 7.04. The number of carbonyl (C=O) groups excluding carboxylic acids is 1. The van der Waals surface area contributed by atoms with E-state index in [4.69, 9.17) is 0 Å². The molecule has 2 aromatic rings. The second kappa shape index (κ2) is 7.86. The summed E-state index contributed by atoms with van der Waals surface area (Å²) in [5.41, 5.74) is 0. The Bertz CT molecular complexity index is 696. The van der Waals surface area contributed by atoms with Crippen molar-refractivity contribution in [2.45, 2.75) is 62.2 Å². The van der Waals surface area contributed by atoms with Gasteiger partial charge in [-0.3, -0.25) is 4.79 Å². The molecule has 1 unspecified atom stereocenters. The molecule has 1 atom stereocenters. The van der Waals surface area contributed by atoms with Gasteiger partial charge >= 0.3 is 0 Å². The van der Waals surface area contributed by atoms with Crippen LogP contribution in [-0.4, -0.2) is 43.3 Å². The minimum absolute atomic E-state index is 0.194. The number of tetrazole rings is 1. The van der Waals surface area contributed by atoms with Gasteiger partial charge in [-0.05, 0) is 47.6 Å². The van der Waals surface area contributed by atoms with Crippen LogP contribution in [-0.2, 0) is 4.79 Å². The fraction of sp³-hybridized carbons (Fsp3) is 0.647. The summed E-state index contributed by atoms with van der Waals surface area (Å²) in [4.78, 5) is 16.1. The van der Waals surface area contributed by atoms with E-state index in [0.29, 0.717) is 11.8 Å². The topological polar surface area (TPSA) is 63.9 Å². The van der Waals surface area contributed by atoms with Crippen LogP contribution >= 0.6 is 23.1 Å². The smallest absolute Gasteiger partial charge is 0.233 e. The first kappa shape index (κ1) is 17.0. The Morgan fingerprint density at radius 3 is 2.92 bits per heavy atom. The standard InChI is InChI=1S/C17H23N5OS2/c23-16(21-10-4-8-14(21)15-9-5-11-24-15)12-25-17-18-19-20-22(17)13-6-2-1-3-7-13/h5,9,11,13-14H,1-4,6-8,10,12H2. The second-order valence-electron chi connectivity index (χ2n) is 6.75. The van der Waals surface area contributed by atoms with Crippen molar-refractivity contribution in [2.24, 2.45) is 0 Å². The maximum absolute atomic E-state index is 12.8. The summed E-state index contributed by atoms with van der Waals surface area (Å²) in [7, 11) is 0. The van der Waals surface area contributed by atoms with Crippen LogP contribution in [0.1, 0.15) is 61.9 Å². The van der Waals surface area contributed by atoms with Gasteiger partial charge in [-0.15, -0.1) is 16.4 Å². The molecule has 2 fully saturated rings. The van der Waals surface area contributed by atoms with E-state index in [2.05, 4.69) is 33.0 Å². The minimum atomic E-state index is 0.194. The Balaban J connectivity index is 1.38. The molecule has 8 heteroatoms. The number of thioether (sulfide) groups is 1. The molecule has 1 saturated heterocycles. The number of thiophene rings is 1. The largest absolute Gasteiger partial charge is 0.334 e. The number of nitrogens with zero attached hydrogens (tertiary/aromatic N) is 5. The highest BCUT2D eigenvalue weighted by molar-refractivity contribution is 7.99. The van der Waals surface area contributed by atoms with E-state index in [1.165, 1.54) is 35.9 Å². The number of hydrogen-bond acceptors (Lipinski definition) is 6. The number of carbonyl (C=O) groups is 1.